The van der Waals surface area contributed by atoms with E-state index < -0.39 is 19.8 Å². The summed E-state index contributed by atoms with van der Waals surface area (Å²) in [6, 6.07) is -0.716. The summed E-state index contributed by atoms with van der Waals surface area (Å²) >= 11 is 0. The molecule has 1 unspecified atom stereocenters. The zero-order valence-electron chi connectivity index (χ0n) is 34.1. The Balaban J connectivity index is 0. The van der Waals surface area contributed by atoms with Crippen LogP contribution >= 0.6 is 7.82 Å². The van der Waals surface area contributed by atoms with Crippen molar-refractivity contribution in [3.05, 3.63) is 0 Å². The molecule has 8 nitrogen and oxygen atoms in total. The van der Waals surface area contributed by atoms with Crippen molar-refractivity contribution in [3.63, 3.8) is 0 Å². The summed E-state index contributed by atoms with van der Waals surface area (Å²) in [4.78, 5) is 20.0. The van der Waals surface area contributed by atoms with Gasteiger partial charge in [-0.05, 0) is 32.2 Å². The molecule has 0 heterocycles. The molecule has 0 saturated heterocycles. The highest BCUT2D eigenvalue weighted by molar-refractivity contribution is 7.47. The quantitative estimate of drug-likeness (QED) is 0.0357. The first-order valence-electron chi connectivity index (χ1n) is 22.1. The van der Waals surface area contributed by atoms with Crippen molar-refractivity contribution in [3.8, 4) is 0 Å². The molecule has 0 aliphatic rings. The summed E-state index contributed by atoms with van der Waals surface area (Å²) in [5, 5.41) is 8.33. The van der Waals surface area contributed by atoms with Crippen LogP contribution in [0.15, 0.2) is 0 Å². The molecule has 0 spiro atoms. The maximum absolute atomic E-state index is 12.0. The normalized spacial score (nSPS) is 12.2. The molecule has 0 radical (unpaired) electrons. The third kappa shape index (κ3) is 47.5. The first-order valence-corrected chi connectivity index (χ1v) is 23.6. The predicted octanol–water partition coefficient (Wildman–Crippen LogP) is 13.2. The van der Waals surface area contributed by atoms with Gasteiger partial charge in [0.2, 0.25) is 0 Å². The fourth-order valence-corrected chi connectivity index (χ4v) is 7.12. The second kappa shape index (κ2) is 43.9. The molecule has 0 saturated carbocycles. The third-order valence-electron chi connectivity index (χ3n) is 9.79. The zero-order chi connectivity index (χ0) is 37.9. The van der Waals surface area contributed by atoms with Gasteiger partial charge in [-0.25, -0.2) is 4.57 Å². The lowest BCUT2D eigenvalue weighted by atomic mass is 10.0. The van der Waals surface area contributed by atoms with Gasteiger partial charge in [-0.2, -0.15) is 0 Å². The Bertz CT molecular complexity index is 687. The standard InChI is InChI=1S/C36H75O4P.C6H14N2O2/c1-3-5-7-9-11-13-15-17-19-21-23-25-27-29-31-33-35-39-41(37,38)40-36-34-32-30-28-26-24-22-20-18-16-14-12-10-8-6-4-2;7-4-2-1-3-5(8)6(9)10/h3-36H2,1-2H3,(H,37,38);5H,1-4,7-8H2,(H,9,10). The lowest BCUT2D eigenvalue weighted by Gasteiger charge is -2.12. The second-order valence-electron chi connectivity index (χ2n) is 15.0. The Hall–Kier alpha value is -0.500. The number of phosphoric acid groups is 1. The molecule has 0 aromatic carbocycles. The Kier molecular flexibility index (Phi) is 45.3. The van der Waals surface area contributed by atoms with E-state index in [1.165, 1.54) is 180 Å². The third-order valence-corrected chi connectivity index (χ3v) is 10.8. The van der Waals surface area contributed by atoms with Gasteiger partial charge in [-0.3, -0.25) is 13.8 Å². The molecule has 0 aromatic heterocycles. The monoisotopic (exact) mass is 749 g/mol. The molecular weight excluding hydrogens is 659 g/mol. The minimum atomic E-state index is -3.87. The molecule has 0 fully saturated rings. The van der Waals surface area contributed by atoms with Crippen molar-refractivity contribution in [2.75, 3.05) is 19.8 Å². The number of carboxylic acids is 1. The lowest BCUT2D eigenvalue weighted by molar-refractivity contribution is -0.138. The van der Waals surface area contributed by atoms with Gasteiger partial charge in [0.25, 0.3) is 0 Å². The predicted molar refractivity (Wildman–Crippen MR) is 219 cm³/mol. The average Bonchev–Trinajstić information content (AvgIpc) is 3.11. The number of aliphatic carboxylic acids is 1. The van der Waals surface area contributed by atoms with Gasteiger partial charge in [-0.1, -0.05) is 213 Å². The van der Waals surface area contributed by atoms with Crippen molar-refractivity contribution < 1.29 is 28.4 Å². The van der Waals surface area contributed by atoms with Crippen LogP contribution in [-0.2, 0) is 18.4 Å². The SMILES string of the molecule is CCCCCCCCCCCCCCCCCCOP(=O)(O)OCCCCCCCCCCCCCCCCCC.NCCCCC(N)C(=O)O. The number of carboxylic acid groups (broad SMARTS) is 1. The van der Waals surface area contributed by atoms with E-state index in [0.717, 1.165) is 38.5 Å². The Labute approximate surface area is 317 Å². The van der Waals surface area contributed by atoms with Crippen LogP contribution in [0.4, 0.5) is 0 Å². The van der Waals surface area contributed by atoms with Crippen LogP contribution in [0.5, 0.6) is 0 Å². The maximum atomic E-state index is 12.0. The molecule has 0 bridgehead atoms. The highest BCUT2D eigenvalue weighted by atomic mass is 31.2. The highest BCUT2D eigenvalue weighted by Gasteiger charge is 2.20. The summed E-state index contributed by atoms with van der Waals surface area (Å²) < 4.78 is 22.4. The van der Waals surface area contributed by atoms with Gasteiger partial charge in [0.1, 0.15) is 6.04 Å². The molecule has 1 atom stereocenters. The number of nitrogens with two attached hydrogens (primary N) is 2. The van der Waals surface area contributed by atoms with E-state index in [4.69, 9.17) is 25.6 Å². The summed E-state index contributed by atoms with van der Waals surface area (Å²) in [5.74, 6) is -0.933. The minimum Gasteiger partial charge on any atom is -0.480 e. The van der Waals surface area contributed by atoms with Crippen molar-refractivity contribution in [2.45, 2.75) is 245 Å². The maximum Gasteiger partial charge on any atom is 0.472 e. The number of phosphoric ester groups is 1. The number of carbonyl (C=O) groups is 1. The van der Waals surface area contributed by atoms with Gasteiger partial charge in [-0.15, -0.1) is 0 Å². The average molecular weight is 749 g/mol. The molecule has 51 heavy (non-hydrogen) atoms. The molecule has 6 N–H and O–H groups in total. The number of hydrogen-bond donors (Lipinski definition) is 4. The lowest BCUT2D eigenvalue weighted by Crippen LogP contribution is -2.29. The second-order valence-corrected chi connectivity index (χ2v) is 16.4. The van der Waals surface area contributed by atoms with Crippen molar-refractivity contribution >= 4 is 13.8 Å². The number of rotatable bonds is 41. The van der Waals surface area contributed by atoms with Gasteiger partial charge >= 0.3 is 13.8 Å². The smallest absolute Gasteiger partial charge is 0.472 e. The van der Waals surface area contributed by atoms with E-state index in [0.29, 0.717) is 26.2 Å². The van der Waals surface area contributed by atoms with E-state index in [9.17, 15) is 14.3 Å². The van der Waals surface area contributed by atoms with Gasteiger partial charge in [0.05, 0.1) is 13.2 Å². The topological polar surface area (TPSA) is 145 Å². The van der Waals surface area contributed by atoms with Crippen LogP contribution in [0, 0.1) is 0 Å². The van der Waals surface area contributed by atoms with Crippen molar-refractivity contribution in [1.29, 1.82) is 0 Å². The molecule has 0 rings (SSSR count). The summed E-state index contributed by atoms with van der Waals surface area (Å²) in [5.41, 5.74) is 10.4. The van der Waals surface area contributed by atoms with E-state index in [2.05, 4.69) is 13.8 Å². The molecule has 0 aliphatic heterocycles. The van der Waals surface area contributed by atoms with Crippen LogP contribution in [0.3, 0.4) is 0 Å². The first-order chi connectivity index (χ1) is 24.8. The first kappa shape index (κ1) is 52.6. The fourth-order valence-electron chi connectivity index (χ4n) is 6.33. The molecule has 0 aromatic rings. The summed E-state index contributed by atoms with van der Waals surface area (Å²) in [6.45, 7) is 5.81. The van der Waals surface area contributed by atoms with E-state index in [1.54, 1.807) is 0 Å². The van der Waals surface area contributed by atoms with Crippen LogP contribution in [-0.4, -0.2) is 41.8 Å². The Morgan fingerprint density at radius 2 is 0.745 bits per heavy atom. The fraction of sp³-hybridized carbons (Fsp3) is 0.976. The summed E-state index contributed by atoms with van der Waals surface area (Å²) in [6.07, 6.45) is 44.4. The Morgan fingerprint density at radius 1 is 0.490 bits per heavy atom. The van der Waals surface area contributed by atoms with E-state index in [-0.39, 0.29) is 0 Å². The Morgan fingerprint density at radius 3 is 0.980 bits per heavy atom. The number of unbranched alkanes of at least 4 members (excludes halogenated alkanes) is 31. The largest absolute Gasteiger partial charge is 0.480 e. The molecule has 0 amide bonds. The van der Waals surface area contributed by atoms with Crippen molar-refractivity contribution in [2.24, 2.45) is 11.5 Å². The molecular formula is C42H89N2O6P. The zero-order valence-corrected chi connectivity index (χ0v) is 35.0. The number of hydrogen-bond acceptors (Lipinski definition) is 6. The van der Waals surface area contributed by atoms with Crippen LogP contribution in [0.1, 0.15) is 239 Å². The molecule has 308 valence electrons. The van der Waals surface area contributed by atoms with Crippen LogP contribution < -0.4 is 11.5 Å². The van der Waals surface area contributed by atoms with Crippen LogP contribution in [0.25, 0.3) is 0 Å². The molecule has 0 aliphatic carbocycles. The summed E-state index contributed by atoms with van der Waals surface area (Å²) in [7, 11) is -3.87. The highest BCUT2D eigenvalue weighted by Crippen LogP contribution is 2.43. The van der Waals surface area contributed by atoms with Gasteiger partial charge in [0, 0.05) is 0 Å². The van der Waals surface area contributed by atoms with Crippen LogP contribution in [0.2, 0.25) is 0 Å². The van der Waals surface area contributed by atoms with Gasteiger partial charge < -0.3 is 21.5 Å². The minimum absolute atomic E-state index is 0.325. The van der Waals surface area contributed by atoms with Gasteiger partial charge in [0.15, 0.2) is 0 Å². The van der Waals surface area contributed by atoms with Crippen molar-refractivity contribution in [1.82, 2.24) is 0 Å². The molecule has 9 heteroatoms. The van der Waals surface area contributed by atoms with E-state index in [1.807, 2.05) is 0 Å². The van der Waals surface area contributed by atoms with E-state index >= 15 is 0 Å².